The number of ketones is 1. The van der Waals surface area contributed by atoms with E-state index in [2.05, 4.69) is 4.98 Å². The van der Waals surface area contributed by atoms with Crippen molar-refractivity contribution >= 4 is 23.6 Å². The third-order valence-electron chi connectivity index (χ3n) is 3.05. The molecule has 108 valence electrons. The normalized spacial score (nSPS) is 10.2. The van der Waals surface area contributed by atoms with Crippen molar-refractivity contribution < 1.29 is 14.3 Å². The zero-order chi connectivity index (χ0) is 15.4. The van der Waals surface area contributed by atoms with E-state index >= 15 is 0 Å². The number of benzene rings is 2. The van der Waals surface area contributed by atoms with Gasteiger partial charge in [-0.2, -0.15) is 0 Å². The summed E-state index contributed by atoms with van der Waals surface area (Å²) in [5.74, 6) is -0.141. The number of hydrogen-bond acceptors (Lipinski definition) is 5. The van der Waals surface area contributed by atoms with E-state index in [4.69, 9.17) is 4.74 Å². The van der Waals surface area contributed by atoms with Crippen LogP contribution < -0.4 is 4.74 Å². The molecule has 3 aromatic rings. The first-order valence-corrected chi connectivity index (χ1v) is 7.37. The smallest absolute Gasteiger partial charge is 0.300 e. The van der Waals surface area contributed by atoms with Crippen LogP contribution in [-0.2, 0) is 4.79 Å². The minimum Gasteiger partial charge on any atom is -0.400 e. The SMILES string of the molecule is O=COc1nc(-c2ccccc2)c(C(=O)c2ccccc2)s1. The van der Waals surface area contributed by atoms with Crippen molar-refractivity contribution in [2.75, 3.05) is 0 Å². The zero-order valence-electron chi connectivity index (χ0n) is 11.4. The molecule has 1 aromatic heterocycles. The van der Waals surface area contributed by atoms with Gasteiger partial charge in [0.1, 0.15) is 4.88 Å². The molecule has 0 saturated heterocycles. The highest BCUT2D eigenvalue weighted by atomic mass is 32.1. The van der Waals surface area contributed by atoms with Crippen molar-refractivity contribution in [2.45, 2.75) is 0 Å². The van der Waals surface area contributed by atoms with E-state index in [9.17, 15) is 9.59 Å². The van der Waals surface area contributed by atoms with Gasteiger partial charge in [-0.05, 0) is 0 Å². The fraction of sp³-hybridized carbons (Fsp3) is 0. The Balaban J connectivity index is 2.10. The second-order valence-corrected chi connectivity index (χ2v) is 5.39. The number of aromatic nitrogens is 1. The first kappa shape index (κ1) is 14.2. The van der Waals surface area contributed by atoms with Crippen LogP contribution >= 0.6 is 11.3 Å². The van der Waals surface area contributed by atoms with Gasteiger partial charge < -0.3 is 4.74 Å². The molecule has 0 amide bonds. The van der Waals surface area contributed by atoms with Crippen LogP contribution in [-0.4, -0.2) is 17.2 Å². The molecule has 4 nitrogen and oxygen atoms in total. The Morgan fingerprint density at radius 2 is 1.64 bits per heavy atom. The molecule has 0 bridgehead atoms. The van der Waals surface area contributed by atoms with Crippen molar-refractivity contribution in [3.63, 3.8) is 0 Å². The topological polar surface area (TPSA) is 56.3 Å². The van der Waals surface area contributed by atoms with Gasteiger partial charge in [0.05, 0.1) is 5.69 Å². The average molecular weight is 309 g/mol. The van der Waals surface area contributed by atoms with Gasteiger partial charge in [0.25, 0.3) is 11.7 Å². The van der Waals surface area contributed by atoms with Crippen LogP contribution in [0.4, 0.5) is 0 Å². The summed E-state index contributed by atoms with van der Waals surface area (Å²) < 4.78 is 4.81. The van der Waals surface area contributed by atoms with Crippen molar-refractivity contribution in [1.82, 2.24) is 4.98 Å². The Morgan fingerprint density at radius 1 is 1.00 bits per heavy atom. The Labute approximate surface area is 131 Å². The number of ether oxygens (including phenoxy) is 1. The van der Waals surface area contributed by atoms with E-state index in [0.29, 0.717) is 22.6 Å². The third-order valence-corrected chi connectivity index (χ3v) is 3.99. The van der Waals surface area contributed by atoms with Crippen LogP contribution in [0.15, 0.2) is 60.7 Å². The Morgan fingerprint density at radius 3 is 2.27 bits per heavy atom. The molecule has 22 heavy (non-hydrogen) atoms. The molecule has 0 radical (unpaired) electrons. The maximum atomic E-state index is 12.7. The molecule has 0 fully saturated rings. The summed E-state index contributed by atoms with van der Waals surface area (Å²) in [5.41, 5.74) is 1.90. The highest BCUT2D eigenvalue weighted by molar-refractivity contribution is 7.16. The molecule has 0 aliphatic carbocycles. The van der Waals surface area contributed by atoms with E-state index in [1.54, 1.807) is 24.3 Å². The lowest BCUT2D eigenvalue weighted by molar-refractivity contribution is -0.120. The Kier molecular flexibility index (Phi) is 4.07. The minimum absolute atomic E-state index is 0.141. The molecule has 0 atom stereocenters. The quantitative estimate of drug-likeness (QED) is 0.534. The molecule has 0 unspecified atom stereocenters. The molecule has 1 heterocycles. The Hall–Kier alpha value is -2.79. The number of rotatable bonds is 5. The molecule has 2 aromatic carbocycles. The maximum absolute atomic E-state index is 12.7. The van der Waals surface area contributed by atoms with Crippen LogP contribution in [0.1, 0.15) is 15.2 Å². The molecule has 0 aliphatic rings. The van der Waals surface area contributed by atoms with E-state index < -0.39 is 0 Å². The first-order valence-electron chi connectivity index (χ1n) is 6.56. The summed E-state index contributed by atoms with van der Waals surface area (Å²) in [6.45, 7) is 0.310. The predicted octanol–water partition coefficient (Wildman–Crippen LogP) is 3.58. The molecular formula is C17H11NO3S. The van der Waals surface area contributed by atoms with Gasteiger partial charge in [-0.3, -0.25) is 9.59 Å². The highest BCUT2D eigenvalue weighted by Gasteiger charge is 2.21. The van der Waals surface area contributed by atoms with Crippen LogP contribution in [0.25, 0.3) is 11.3 Å². The van der Waals surface area contributed by atoms with Gasteiger partial charge >= 0.3 is 0 Å². The van der Waals surface area contributed by atoms with Gasteiger partial charge in [0.2, 0.25) is 5.78 Å². The molecule has 0 aliphatic heterocycles. The predicted molar refractivity (Wildman–Crippen MR) is 84.1 cm³/mol. The number of hydrogen-bond donors (Lipinski definition) is 0. The number of carbonyl (C=O) groups excluding carboxylic acids is 2. The summed E-state index contributed by atoms with van der Waals surface area (Å²) >= 11 is 1.07. The summed E-state index contributed by atoms with van der Waals surface area (Å²) in [4.78, 5) is 27.9. The summed E-state index contributed by atoms with van der Waals surface area (Å²) in [7, 11) is 0. The highest BCUT2D eigenvalue weighted by Crippen LogP contribution is 2.33. The van der Waals surface area contributed by atoms with E-state index in [1.165, 1.54) is 0 Å². The van der Waals surface area contributed by atoms with Crippen LogP contribution in [0.3, 0.4) is 0 Å². The summed E-state index contributed by atoms with van der Waals surface area (Å²) in [5, 5.41) is 0.160. The summed E-state index contributed by atoms with van der Waals surface area (Å²) in [6.07, 6.45) is 0. The fourth-order valence-electron chi connectivity index (χ4n) is 2.06. The second-order valence-electron chi connectivity index (χ2n) is 4.43. The number of carbonyl (C=O) groups is 2. The molecule has 0 saturated carbocycles. The average Bonchev–Trinajstić information content (AvgIpc) is 3.00. The molecule has 3 rings (SSSR count). The van der Waals surface area contributed by atoms with Crippen LogP contribution in [0, 0.1) is 0 Å². The monoisotopic (exact) mass is 309 g/mol. The number of thiazole rings is 1. The van der Waals surface area contributed by atoms with Gasteiger partial charge in [0, 0.05) is 11.1 Å². The maximum Gasteiger partial charge on any atom is 0.300 e. The third kappa shape index (κ3) is 2.80. The molecule has 0 spiro atoms. The van der Waals surface area contributed by atoms with E-state index in [0.717, 1.165) is 16.9 Å². The first-order chi connectivity index (χ1) is 10.8. The Bertz CT molecular complexity index is 797. The summed E-state index contributed by atoms with van der Waals surface area (Å²) in [6, 6.07) is 18.3. The van der Waals surface area contributed by atoms with Crippen molar-refractivity contribution in [1.29, 1.82) is 0 Å². The fourth-order valence-corrected chi connectivity index (χ4v) is 2.93. The van der Waals surface area contributed by atoms with Gasteiger partial charge in [-0.25, -0.2) is 4.98 Å². The van der Waals surface area contributed by atoms with Crippen LogP contribution in [0.5, 0.6) is 5.19 Å². The largest absolute Gasteiger partial charge is 0.400 e. The number of nitrogens with zero attached hydrogens (tertiary/aromatic N) is 1. The second kappa shape index (κ2) is 6.32. The van der Waals surface area contributed by atoms with Crippen LogP contribution in [0.2, 0.25) is 0 Å². The molecule has 0 N–H and O–H groups in total. The van der Waals surface area contributed by atoms with Crippen molar-refractivity contribution in [3.05, 3.63) is 71.1 Å². The molecule has 5 heteroatoms. The molecular weight excluding hydrogens is 298 g/mol. The van der Waals surface area contributed by atoms with Crippen molar-refractivity contribution in [2.24, 2.45) is 0 Å². The lowest BCUT2D eigenvalue weighted by atomic mass is 10.1. The van der Waals surface area contributed by atoms with E-state index in [-0.39, 0.29) is 11.0 Å². The lowest BCUT2D eigenvalue weighted by Crippen LogP contribution is -2.00. The standard InChI is InChI=1S/C17H11NO3S/c19-11-21-17-18-14(12-7-3-1-4-8-12)16(22-17)15(20)13-9-5-2-6-10-13/h1-11H. The zero-order valence-corrected chi connectivity index (χ0v) is 12.2. The minimum atomic E-state index is -0.141. The van der Waals surface area contributed by atoms with E-state index in [1.807, 2.05) is 36.4 Å². The van der Waals surface area contributed by atoms with Crippen molar-refractivity contribution in [3.8, 4) is 16.5 Å². The van der Waals surface area contributed by atoms with Gasteiger partial charge in [0.15, 0.2) is 0 Å². The van der Waals surface area contributed by atoms with Gasteiger partial charge in [-0.1, -0.05) is 72.0 Å². The lowest BCUT2D eigenvalue weighted by Gasteiger charge is -2.01. The van der Waals surface area contributed by atoms with Gasteiger partial charge in [-0.15, -0.1) is 0 Å².